The minimum Gasteiger partial charge on any atom is -0.481 e. The van der Waals surface area contributed by atoms with E-state index in [0.717, 1.165) is 53.8 Å². The number of fused-ring (bicyclic) bond motifs is 6. The third-order valence-electron chi connectivity index (χ3n) is 12.4. The second-order valence-corrected chi connectivity index (χ2v) is 13.9. The van der Waals surface area contributed by atoms with Crippen LogP contribution in [0.3, 0.4) is 0 Å². The van der Waals surface area contributed by atoms with Gasteiger partial charge in [0.2, 0.25) is 0 Å². The second-order valence-electron chi connectivity index (χ2n) is 13.9. The number of carboxylic acids is 1. The standard InChI is InChI=1S/C32H50O2/c1-21-18-28-27-12-6-7-13-29(27)32(30(28)19-21,17-15-31(33)34)16-14-25-23-9-3-2-8-22(20-23)24-10-4-5-11-26(24)25/h21-26,28,30H,2-20H2,1H3,(H,33,34). The van der Waals surface area contributed by atoms with Crippen LogP contribution in [0.5, 0.6) is 0 Å². The van der Waals surface area contributed by atoms with Crippen molar-refractivity contribution < 1.29 is 9.90 Å². The number of carbonyl (C=O) groups is 1. The monoisotopic (exact) mass is 466 g/mol. The second kappa shape index (κ2) is 9.59. The first-order valence-electron chi connectivity index (χ1n) is 15.5. The van der Waals surface area contributed by atoms with Crippen molar-refractivity contribution in [3.63, 3.8) is 0 Å². The van der Waals surface area contributed by atoms with Gasteiger partial charge in [-0.1, -0.05) is 56.6 Å². The first-order valence-corrected chi connectivity index (χ1v) is 15.5. The number of allylic oxidation sites excluding steroid dienone is 2. The summed E-state index contributed by atoms with van der Waals surface area (Å²) in [5.74, 6) is 6.79. The lowest BCUT2D eigenvalue weighted by atomic mass is 9.54. The third-order valence-corrected chi connectivity index (χ3v) is 12.4. The molecule has 0 aliphatic heterocycles. The highest BCUT2D eigenvalue weighted by molar-refractivity contribution is 5.67. The summed E-state index contributed by atoms with van der Waals surface area (Å²) >= 11 is 0. The predicted octanol–water partition coefficient (Wildman–Crippen LogP) is 8.80. The molecule has 0 heterocycles. The van der Waals surface area contributed by atoms with E-state index < -0.39 is 5.97 Å². The summed E-state index contributed by atoms with van der Waals surface area (Å²) in [6.07, 6.45) is 25.6. The molecule has 6 rings (SSSR count). The molecule has 0 radical (unpaired) electrons. The Morgan fingerprint density at radius 2 is 1.59 bits per heavy atom. The smallest absolute Gasteiger partial charge is 0.303 e. The highest BCUT2D eigenvalue weighted by atomic mass is 16.4. The summed E-state index contributed by atoms with van der Waals surface area (Å²) in [4.78, 5) is 11.9. The summed E-state index contributed by atoms with van der Waals surface area (Å²) in [5.41, 5.74) is 3.89. The summed E-state index contributed by atoms with van der Waals surface area (Å²) in [6, 6.07) is 0. The van der Waals surface area contributed by atoms with Crippen LogP contribution in [0.4, 0.5) is 0 Å². The Kier molecular flexibility index (Phi) is 6.65. The molecule has 0 saturated heterocycles. The van der Waals surface area contributed by atoms with E-state index in [9.17, 15) is 9.90 Å². The first kappa shape index (κ1) is 23.6. The zero-order valence-electron chi connectivity index (χ0n) is 21.9. The van der Waals surface area contributed by atoms with Crippen molar-refractivity contribution >= 4 is 5.97 Å². The van der Waals surface area contributed by atoms with Crippen LogP contribution < -0.4 is 0 Å². The molecule has 9 atom stereocenters. The number of hydrogen-bond acceptors (Lipinski definition) is 1. The maximum atomic E-state index is 11.9. The Morgan fingerprint density at radius 3 is 2.41 bits per heavy atom. The van der Waals surface area contributed by atoms with Crippen molar-refractivity contribution in [3.05, 3.63) is 11.1 Å². The van der Waals surface area contributed by atoms with Crippen LogP contribution in [0.2, 0.25) is 0 Å². The lowest BCUT2D eigenvalue weighted by Gasteiger charge is -2.50. The van der Waals surface area contributed by atoms with Crippen LogP contribution >= 0.6 is 0 Å². The van der Waals surface area contributed by atoms with Crippen molar-refractivity contribution in [2.24, 2.45) is 52.8 Å². The molecule has 6 aliphatic rings. The zero-order valence-corrected chi connectivity index (χ0v) is 21.9. The third kappa shape index (κ3) is 4.02. The molecule has 0 spiro atoms. The van der Waals surface area contributed by atoms with Gasteiger partial charge in [-0.25, -0.2) is 0 Å². The van der Waals surface area contributed by atoms with Gasteiger partial charge in [-0.15, -0.1) is 0 Å². The molecule has 34 heavy (non-hydrogen) atoms. The van der Waals surface area contributed by atoms with Crippen LogP contribution in [0.25, 0.3) is 0 Å². The van der Waals surface area contributed by atoms with Crippen LogP contribution in [-0.2, 0) is 4.79 Å². The molecule has 0 aromatic heterocycles. The van der Waals surface area contributed by atoms with Gasteiger partial charge in [0.1, 0.15) is 0 Å². The van der Waals surface area contributed by atoms with E-state index in [2.05, 4.69) is 6.92 Å². The summed E-state index contributed by atoms with van der Waals surface area (Å²) in [6.45, 7) is 2.47. The van der Waals surface area contributed by atoms with Crippen LogP contribution in [0.1, 0.15) is 129 Å². The molecule has 4 saturated carbocycles. The predicted molar refractivity (Wildman–Crippen MR) is 138 cm³/mol. The maximum Gasteiger partial charge on any atom is 0.303 e. The minimum atomic E-state index is -0.566. The van der Waals surface area contributed by atoms with E-state index in [1.54, 1.807) is 0 Å². The molecule has 4 fully saturated rings. The topological polar surface area (TPSA) is 37.3 Å². The number of aliphatic carboxylic acids is 1. The van der Waals surface area contributed by atoms with Crippen molar-refractivity contribution in [1.82, 2.24) is 0 Å². The maximum absolute atomic E-state index is 11.9. The Balaban J connectivity index is 1.30. The molecule has 2 heteroatoms. The summed E-state index contributed by atoms with van der Waals surface area (Å²) < 4.78 is 0. The molecule has 190 valence electrons. The molecule has 2 bridgehead atoms. The summed E-state index contributed by atoms with van der Waals surface area (Å²) in [5, 5.41) is 9.78. The van der Waals surface area contributed by atoms with Gasteiger partial charge in [0, 0.05) is 6.42 Å². The van der Waals surface area contributed by atoms with Crippen molar-refractivity contribution in [2.75, 3.05) is 0 Å². The fourth-order valence-corrected chi connectivity index (χ4v) is 11.3. The molecule has 0 aromatic rings. The Bertz CT molecular complexity index is 797. The Hall–Kier alpha value is -0.790. The lowest BCUT2D eigenvalue weighted by Crippen LogP contribution is -2.42. The van der Waals surface area contributed by atoms with Gasteiger partial charge in [-0.3, -0.25) is 4.79 Å². The normalized spacial score (nSPS) is 45.9. The van der Waals surface area contributed by atoms with Gasteiger partial charge in [0.25, 0.3) is 0 Å². The molecule has 2 nitrogen and oxygen atoms in total. The van der Waals surface area contributed by atoms with E-state index in [1.807, 2.05) is 11.1 Å². The lowest BCUT2D eigenvalue weighted by molar-refractivity contribution is -0.137. The van der Waals surface area contributed by atoms with E-state index in [1.165, 1.54) is 109 Å². The molecule has 0 aromatic carbocycles. The molecule has 0 amide bonds. The first-order chi connectivity index (χ1) is 16.6. The number of carboxylic acid groups (broad SMARTS) is 1. The summed E-state index contributed by atoms with van der Waals surface area (Å²) in [7, 11) is 0. The number of hydrogen-bond donors (Lipinski definition) is 1. The quantitative estimate of drug-likeness (QED) is 0.397. The van der Waals surface area contributed by atoms with Crippen LogP contribution in [0, 0.1) is 52.8 Å². The Morgan fingerprint density at radius 1 is 0.853 bits per heavy atom. The van der Waals surface area contributed by atoms with Crippen molar-refractivity contribution in [1.29, 1.82) is 0 Å². The molecule has 6 aliphatic carbocycles. The average Bonchev–Trinajstić information content (AvgIpc) is 3.24. The zero-order chi connectivity index (χ0) is 23.3. The van der Waals surface area contributed by atoms with Gasteiger partial charge in [0.15, 0.2) is 0 Å². The van der Waals surface area contributed by atoms with Gasteiger partial charge < -0.3 is 5.11 Å². The van der Waals surface area contributed by atoms with Crippen LogP contribution in [0.15, 0.2) is 11.1 Å². The highest BCUT2D eigenvalue weighted by Crippen LogP contribution is 2.66. The van der Waals surface area contributed by atoms with Crippen molar-refractivity contribution in [3.8, 4) is 0 Å². The Labute approximate surface area is 208 Å². The average molecular weight is 467 g/mol. The largest absolute Gasteiger partial charge is 0.481 e. The fraction of sp³-hybridized carbons (Fsp3) is 0.906. The van der Waals surface area contributed by atoms with Crippen LogP contribution in [-0.4, -0.2) is 11.1 Å². The van der Waals surface area contributed by atoms with Gasteiger partial charge >= 0.3 is 5.97 Å². The van der Waals surface area contributed by atoms with Gasteiger partial charge in [-0.05, 0) is 130 Å². The van der Waals surface area contributed by atoms with E-state index in [4.69, 9.17) is 0 Å². The SMILES string of the molecule is CC1CC2C3=C(CCCC3)C(CCC(=O)O)(CCC3C4CCCCC(C4)C4CCCCC43)C2C1. The van der Waals surface area contributed by atoms with Crippen molar-refractivity contribution in [2.45, 2.75) is 129 Å². The molecular formula is C32H50O2. The van der Waals surface area contributed by atoms with E-state index >= 15 is 0 Å². The van der Waals surface area contributed by atoms with Gasteiger partial charge in [-0.2, -0.15) is 0 Å². The fourth-order valence-electron chi connectivity index (χ4n) is 11.3. The molecule has 1 N–H and O–H groups in total. The highest BCUT2D eigenvalue weighted by Gasteiger charge is 2.56. The van der Waals surface area contributed by atoms with E-state index in [0.29, 0.717) is 6.42 Å². The van der Waals surface area contributed by atoms with Gasteiger partial charge in [0.05, 0.1) is 0 Å². The molecule has 9 unspecified atom stereocenters. The number of rotatable bonds is 6. The van der Waals surface area contributed by atoms with E-state index in [-0.39, 0.29) is 5.41 Å². The molecular weight excluding hydrogens is 416 g/mol. The minimum absolute atomic E-state index is 0.231.